The van der Waals surface area contributed by atoms with Crippen LogP contribution in [0.1, 0.15) is 43.7 Å². The number of nitrogens with zero attached hydrogens (tertiary/aromatic N) is 4. The molecule has 6 rings (SSSR count). The highest BCUT2D eigenvalue weighted by Gasteiger charge is 2.23. The molecule has 0 saturated carbocycles. The summed E-state index contributed by atoms with van der Waals surface area (Å²) in [6, 6.07) is 11.9. The molecule has 0 bridgehead atoms. The van der Waals surface area contributed by atoms with Crippen LogP contribution in [0.25, 0.3) is 22.5 Å². The fraction of sp³-hybridized carbons (Fsp3) is 0.361. The van der Waals surface area contributed by atoms with Gasteiger partial charge >= 0.3 is 0 Å². The molecule has 1 atom stereocenters. The normalized spacial score (nSPS) is 16.4. The van der Waals surface area contributed by atoms with Gasteiger partial charge in [0.25, 0.3) is 0 Å². The van der Waals surface area contributed by atoms with Gasteiger partial charge < -0.3 is 30.9 Å². The van der Waals surface area contributed by atoms with E-state index in [2.05, 4.69) is 36.2 Å². The lowest BCUT2D eigenvalue weighted by molar-refractivity contribution is -0.130. The van der Waals surface area contributed by atoms with E-state index in [1.165, 1.54) is 25.6 Å². The third kappa shape index (κ3) is 8.01. The van der Waals surface area contributed by atoms with Crippen molar-refractivity contribution in [2.24, 2.45) is 0 Å². The van der Waals surface area contributed by atoms with E-state index in [-0.39, 0.29) is 58.2 Å². The Balaban J connectivity index is 1.16. The quantitative estimate of drug-likeness (QED) is 0.154. The molecule has 0 radical (unpaired) electrons. The number of likely N-dealkylation sites (tertiary alicyclic amines) is 1. The predicted octanol–water partition coefficient (Wildman–Crippen LogP) is 5.36. The number of anilines is 2. The first-order valence-electron chi connectivity index (χ1n) is 16.6. The third-order valence-corrected chi connectivity index (χ3v) is 9.47. The maximum Gasteiger partial charge on any atom is 0.220 e. The number of piperidine rings is 1. The van der Waals surface area contributed by atoms with Gasteiger partial charge in [0.2, 0.25) is 17.7 Å². The third-order valence-electron chi connectivity index (χ3n) is 9.09. The number of halogens is 3. The minimum Gasteiger partial charge on any atom is -0.481 e. The van der Waals surface area contributed by atoms with E-state index < -0.39 is 11.6 Å². The van der Waals surface area contributed by atoms with E-state index in [0.29, 0.717) is 55.3 Å². The van der Waals surface area contributed by atoms with Gasteiger partial charge in [-0.05, 0) is 49.6 Å². The van der Waals surface area contributed by atoms with Crippen LogP contribution in [-0.4, -0.2) is 70.5 Å². The zero-order valence-electron chi connectivity index (χ0n) is 27.9. The van der Waals surface area contributed by atoms with E-state index in [0.717, 1.165) is 24.8 Å². The maximum absolute atomic E-state index is 16.1. The van der Waals surface area contributed by atoms with Crippen LogP contribution in [0.2, 0.25) is 5.02 Å². The first-order valence-corrected chi connectivity index (χ1v) is 17.0. The lowest BCUT2D eigenvalue weighted by Gasteiger charge is -2.31. The molecule has 14 heteroatoms. The van der Waals surface area contributed by atoms with Gasteiger partial charge in [0.1, 0.15) is 0 Å². The van der Waals surface area contributed by atoms with E-state index in [1.54, 1.807) is 31.2 Å². The van der Waals surface area contributed by atoms with Crippen LogP contribution in [0.3, 0.4) is 0 Å². The Bertz CT molecular complexity index is 1870. The zero-order chi connectivity index (χ0) is 35.2. The Hall–Kier alpha value is -4.72. The summed E-state index contributed by atoms with van der Waals surface area (Å²) < 4.78 is 37.2. The van der Waals surface area contributed by atoms with Gasteiger partial charge in [-0.1, -0.05) is 23.7 Å². The Morgan fingerprint density at radius 1 is 1.00 bits per heavy atom. The second kappa shape index (κ2) is 15.9. The number of hydrogen-bond donors (Lipinski definition) is 4. The molecular formula is C36H39ClF2N8O3. The monoisotopic (exact) mass is 704 g/mol. The lowest BCUT2D eigenvalue weighted by atomic mass is 10.0. The first-order chi connectivity index (χ1) is 24.2. The molecule has 1 aromatic carbocycles. The van der Waals surface area contributed by atoms with Gasteiger partial charge in [-0.15, -0.1) is 0 Å². The van der Waals surface area contributed by atoms with Crippen molar-refractivity contribution in [3.8, 4) is 28.4 Å². The number of hydrogen-bond acceptors (Lipinski definition) is 9. The summed E-state index contributed by atoms with van der Waals surface area (Å²) in [6.07, 6.45) is 5.90. The number of carbonyl (C=O) groups excluding carboxylic acids is 2. The van der Waals surface area contributed by atoms with Crippen LogP contribution >= 0.6 is 11.6 Å². The fourth-order valence-electron chi connectivity index (χ4n) is 6.27. The maximum atomic E-state index is 16.1. The molecule has 5 heterocycles. The van der Waals surface area contributed by atoms with Crippen molar-refractivity contribution in [3.05, 3.63) is 82.6 Å². The van der Waals surface area contributed by atoms with Gasteiger partial charge in [-0.25, -0.2) is 18.7 Å². The van der Waals surface area contributed by atoms with Gasteiger partial charge in [0.15, 0.2) is 17.5 Å². The van der Waals surface area contributed by atoms with Crippen molar-refractivity contribution in [1.29, 1.82) is 0 Å². The summed E-state index contributed by atoms with van der Waals surface area (Å²) in [5.74, 6) is -0.847. The van der Waals surface area contributed by atoms with E-state index in [9.17, 15) is 9.59 Å². The molecule has 11 nitrogen and oxygen atoms in total. The molecule has 262 valence electrons. The van der Waals surface area contributed by atoms with E-state index in [1.807, 2.05) is 17.0 Å². The first kappa shape index (κ1) is 35.1. The number of aromatic nitrogens is 3. The average molecular weight is 705 g/mol. The number of amides is 2. The molecule has 2 amide bonds. The summed E-state index contributed by atoms with van der Waals surface area (Å²) in [5.41, 5.74) is 2.57. The lowest BCUT2D eigenvalue weighted by Crippen LogP contribution is -2.44. The second-order valence-electron chi connectivity index (χ2n) is 12.4. The minimum atomic E-state index is -0.675. The summed E-state index contributed by atoms with van der Waals surface area (Å²) in [6.45, 7) is 4.26. The smallest absolute Gasteiger partial charge is 0.220 e. The number of methoxy groups -OCH3 is 1. The number of nitrogens with one attached hydrogen (secondary N) is 4. The molecule has 3 aromatic heterocycles. The standard InChI is InChI=1S/C36H39ClF2N8O3/c1-21(48)47-16-12-24(13-17-47)43-19-22-10-14-42-35(32(22)38)45-29-5-3-4-27(33(29)39)34-31(37)26(11-15-41-34)28-8-6-23(36(46-28)50-2)18-40-20-25-7-9-30(49)44-25/h3-6,8,10-11,14-15,24-25,40,43H,7,9,12-13,16-20H2,1-2H3,(H,42,45)(H,44,49)/t25-/m1/s1. The van der Waals surface area contributed by atoms with Crippen molar-refractivity contribution in [2.45, 2.75) is 57.8 Å². The van der Waals surface area contributed by atoms with Gasteiger partial charge in [0, 0.05) is 92.8 Å². The molecule has 4 N–H and O–H groups in total. The highest BCUT2D eigenvalue weighted by molar-refractivity contribution is 6.35. The summed E-state index contributed by atoms with van der Waals surface area (Å²) in [4.78, 5) is 38.1. The second-order valence-corrected chi connectivity index (χ2v) is 12.8. The number of ether oxygens (including phenoxy) is 1. The number of benzene rings is 1. The topological polar surface area (TPSA) is 133 Å². The van der Waals surface area contributed by atoms with Gasteiger partial charge in [-0.3, -0.25) is 14.6 Å². The van der Waals surface area contributed by atoms with Gasteiger partial charge in [0.05, 0.1) is 29.2 Å². The molecule has 50 heavy (non-hydrogen) atoms. The largest absolute Gasteiger partial charge is 0.481 e. The molecule has 4 aromatic rings. The molecule has 0 aliphatic carbocycles. The highest BCUT2D eigenvalue weighted by atomic mass is 35.5. The molecule has 0 spiro atoms. The Kier molecular flexibility index (Phi) is 11.2. The summed E-state index contributed by atoms with van der Waals surface area (Å²) in [5, 5.41) is 12.6. The Labute approximate surface area is 294 Å². The van der Waals surface area contributed by atoms with Crippen LogP contribution in [0, 0.1) is 11.6 Å². The van der Waals surface area contributed by atoms with Crippen LogP contribution in [0.5, 0.6) is 5.88 Å². The minimum absolute atomic E-state index is 0.00713. The Morgan fingerprint density at radius 3 is 2.54 bits per heavy atom. The number of rotatable bonds is 12. The van der Waals surface area contributed by atoms with Crippen molar-refractivity contribution in [1.82, 2.24) is 35.8 Å². The van der Waals surface area contributed by atoms with Crippen LogP contribution in [-0.2, 0) is 22.7 Å². The molecule has 2 aliphatic heterocycles. The average Bonchev–Trinajstić information content (AvgIpc) is 3.54. The summed E-state index contributed by atoms with van der Waals surface area (Å²) >= 11 is 6.86. The molecule has 2 aliphatic rings. The zero-order valence-corrected chi connectivity index (χ0v) is 28.6. The molecule has 0 unspecified atom stereocenters. The van der Waals surface area contributed by atoms with E-state index >= 15 is 8.78 Å². The van der Waals surface area contributed by atoms with E-state index in [4.69, 9.17) is 16.3 Å². The molecule has 2 saturated heterocycles. The van der Waals surface area contributed by atoms with Crippen LogP contribution in [0.4, 0.5) is 20.3 Å². The van der Waals surface area contributed by atoms with Crippen LogP contribution in [0.15, 0.2) is 54.9 Å². The van der Waals surface area contributed by atoms with Crippen molar-refractivity contribution < 1.29 is 23.1 Å². The SMILES string of the molecule is COc1nc(-c2ccnc(-c3cccc(Nc4nccc(CNC5CCN(C(C)=O)CC5)c4F)c3F)c2Cl)ccc1CNC[C@H]1CCC(=O)N1. The highest BCUT2D eigenvalue weighted by Crippen LogP contribution is 2.38. The predicted molar refractivity (Wildman–Crippen MR) is 187 cm³/mol. The van der Waals surface area contributed by atoms with Crippen molar-refractivity contribution >= 4 is 34.9 Å². The van der Waals surface area contributed by atoms with Crippen molar-refractivity contribution in [3.63, 3.8) is 0 Å². The summed E-state index contributed by atoms with van der Waals surface area (Å²) in [7, 11) is 1.53. The molecule has 2 fully saturated rings. The Morgan fingerprint density at radius 2 is 1.80 bits per heavy atom. The van der Waals surface area contributed by atoms with Crippen LogP contribution < -0.4 is 26.0 Å². The number of carbonyl (C=O) groups is 2. The fourth-order valence-corrected chi connectivity index (χ4v) is 6.58. The molecular weight excluding hydrogens is 666 g/mol. The van der Waals surface area contributed by atoms with Gasteiger partial charge in [-0.2, -0.15) is 0 Å². The van der Waals surface area contributed by atoms with Crippen molar-refractivity contribution in [2.75, 3.05) is 32.1 Å². The number of pyridine rings is 3.